The SMILES string of the molecule is CC(C)C(=O)NC(Cc1c[nH]c2ccccc12)C(=O)NCC(=O)N1CCN(c2ccccc2)CC1. The third kappa shape index (κ3) is 6.01. The summed E-state index contributed by atoms with van der Waals surface area (Å²) in [7, 11) is 0. The second-order valence-electron chi connectivity index (χ2n) is 9.20. The van der Waals surface area contributed by atoms with E-state index in [0.29, 0.717) is 19.5 Å². The Morgan fingerprint density at radius 1 is 0.914 bits per heavy atom. The van der Waals surface area contributed by atoms with Crippen molar-refractivity contribution < 1.29 is 14.4 Å². The summed E-state index contributed by atoms with van der Waals surface area (Å²) in [4.78, 5) is 45.5. The third-order valence-electron chi connectivity index (χ3n) is 6.42. The van der Waals surface area contributed by atoms with E-state index in [1.807, 2.05) is 48.7 Å². The topological polar surface area (TPSA) is 97.5 Å². The Morgan fingerprint density at radius 2 is 1.60 bits per heavy atom. The van der Waals surface area contributed by atoms with Gasteiger partial charge >= 0.3 is 0 Å². The molecular weight excluding hydrogens is 442 g/mol. The smallest absolute Gasteiger partial charge is 0.243 e. The van der Waals surface area contributed by atoms with E-state index < -0.39 is 6.04 Å². The fourth-order valence-corrected chi connectivity index (χ4v) is 4.32. The number of fused-ring (bicyclic) bond motifs is 1. The number of rotatable bonds is 8. The number of hydrogen-bond acceptors (Lipinski definition) is 4. The number of hydrogen-bond donors (Lipinski definition) is 3. The quantitative estimate of drug-likeness (QED) is 0.466. The van der Waals surface area contributed by atoms with Crippen LogP contribution in [0.5, 0.6) is 0 Å². The zero-order valence-electron chi connectivity index (χ0n) is 20.3. The van der Waals surface area contributed by atoms with Crippen molar-refractivity contribution in [3.05, 3.63) is 66.4 Å². The minimum absolute atomic E-state index is 0.0912. The number of nitrogens with zero attached hydrogens (tertiary/aromatic N) is 2. The molecule has 8 heteroatoms. The lowest BCUT2D eigenvalue weighted by molar-refractivity contribution is -0.134. The molecule has 1 fully saturated rings. The molecule has 1 aromatic heterocycles. The van der Waals surface area contributed by atoms with Crippen LogP contribution >= 0.6 is 0 Å². The van der Waals surface area contributed by atoms with Crippen LogP contribution < -0.4 is 15.5 Å². The van der Waals surface area contributed by atoms with Gasteiger partial charge in [-0.05, 0) is 23.8 Å². The average Bonchev–Trinajstić information content (AvgIpc) is 3.30. The lowest BCUT2D eigenvalue weighted by atomic mass is 10.0. The minimum atomic E-state index is -0.771. The number of anilines is 1. The van der Waals surface area contributed by atoms with E-state index in [4.69, 9.17) is 0 Å². The lowest BCUT2D eigenvalue weighted by Crippen LogP contribution is -2.54. The number of H-pyrrole nitrogens is 1. The molecule has 0 aliphatic carbocycles. The highest BCUT2D eigenvalue weighted by atomic mass is 16.2. The maximum atomic E-state index is 13.1. The number of nitrogens with one attached hydrogen (secondary N) is 3. The summed E-state index contributed by atoms with van der Waals surface area (Å²) in [6.45, 7) is 6.18. The standard InChI is InChI=1S/C27H33N5O3/c1-19(2)26(34)30-24(16-20-17-28-23-11-7-6-10-22(20)23)27(35)29-18-25(33)32-14-12-31(13-15-32)21-8-4-3-5-9-21/h3-11,17,19,24,28H,12-16,18H2,1-2H3,(H,29,35)(H,30,34). The van der Waals surface area contributed by atoms with Gasteiger partial charge in [-0.2, -0.15) is 0 Å². The highest BCUT2D eigenvalue weighted by Crippen LogP contribution is 2.19. The Hall–Kier alpha value is -3.81. The number of para-hydroxylation sites is 2. The van der Waals surface area contributed by atoms with Gasteiger partial charge in [0.25, 0.3) is 0 Å². The summed E-state index contributed by atoms with van der Waals surface area (Å²) in [5.41, 5.74) is 3.06. The fourth-order valence-electron chi connectivity index (χ4n) is 4.32. The number of amides is 3. The number of aromatic amines is 1. The van der Waals surface area contributed by atoms with Crippen molar-refractivity contribution in [3.8, 4) is 0 Å². The summed E-state index contributed by atoms with van der Waals surface area (Å²) >= 11 is 0. The molecule has 1 atom stereocenters. The molecule has 2 aromatic carbocycles. The van der Waals surface area contributed by atoms with Crippen LogP contribution in [0.25, 0.3) is 10.9 Å². The van der Waals surface area contributed by atoms with Gasteiger partial charge in [0.15, 0.2) is 0 Å². The maximum Gasteiger partial charge on any atom is 0.243 e. The van der Waals surface area contributed by atoms with E-state index in [1.54, 1.807) is 18.7 Å². The second kappa shape index (κ2) is 11.1. The van der Waals surface area contributed by atoms with Gasteiger partial charge in [0.2, 0.25) is 17.7 Å². The van der Waals surface area contributed by atoms with Crippen LogP contribution in [-0.2, 0) is 20.8 Å². The third-order valence-corrected chi connectivity index (χ3v) is 6.42. The zero-order valence-corrected chi connectivity index (χ0v) is 20.3. The molecule has 184 valence electrons. The Morgan fingerprint density at radius 3 is 2.31 bits per heavy atom. The molecule has 8 nitrogen and oxygen atoms in total. The normalized spacial score (nSPS) is 14.7. The highest BCUT2D eigenvalue weighted by Gasteiger charge is 2.26. The van der Waals surface area contributed by atoms with Gasteiger partial charge in [0.05, 0.1) is 6.54 Å². The first kappa shape index (κ1) is 24.3. The Kier molecular flexibility index (Phi) is 7.70. The highest BCUT2D eigenvalue weighted by molar-refractivity contribution is 5.92. The molecule has 0 saturated carbocycles. The number of carbonyl (C=O) groups excluding carboxylic acids is 3. The van der Waals surface area contributed by atoms with Crippen LogP contribution in [0, 0.1) is 5.92 Å². The van der Waals surface area contributed by atoms with Crippen LogP contribution in [0.4, 0.5) is 5.69 Å². The van der Waals surface area contributed by atoms with Crippen molar-refractivity contribution in [3.63, 3.8) is 0 Å². The molecule has 35 heavy (non-hydrogen) atoms. The van der Waals surface area contributed by atoms with E-state index in [-0.39, 0.29) is 30.2 Å². The first-order chi connectivity index (χ1) is 16.9. The summed E-state index contributed by atoms with van der Waals surface area (Å²) in [5, 5.41) is 6.62. The van der Waals surface area contributed by atoms with Gasteiger partial charge in [-0.3, -0.25) is 14.4 Å². The van der Waals surface area contributed by atoms with Crippen LogP contribution in [0.15, 0.2) is 60.8 Å². The van der Waals surface area contributed by atoms with Crippen molar-refractivity contribution in [2.24, 2.45) is 5.92 Å². The van der Waals surface area contributed by atoms with Crippen LogP contribution in [0.2, 0.25) is 0 Å². The van der Waals surface area contributed by atoms with E-state index in [1.165, 1.54) is 0 Å². The van der Waals surface area contributed by atoms with Crippen LogP contribution in [0.1, 0.15) is 19.4 Å². The van der Waals surface area contributed by atoms with Gasteiger partial charge in [0, 0.05) is 61.3 Å². The van der Waals surface area contributed by atoms with E-state index in [9.17, 15) is 14.4 Å². The van der Waals surface area contributed by atoms with Crippen LogP contribution in [-0.4, -0.2) is 66.4 Å². The number of aromatic nitrogens is 1. The van der Waals surface area contributed by atoms with Gasteiger partial charge in [-0.1, -0.05) is 50.2 Å². The molecule has 0 bridgehead atoms. The first-order valence-electron chi connectivity index (χ1n) is 12.1. The molecule has 1 unspecified atom stereocenters. The van der Waals surface area contributed by atoms with Crippen molar-refractivity contribution in [2.45, 2.75) is 26.3 Å². The molecule has 4 rings (SSSR count). The lowest BCUT2D eigenvalue weighted by Gasteiger charge is -2.36. The molecule has 1 aliphatic heterocycles. The molecule has 3 amide bonds. The minimum Gasteiger partial charge on any atom is -0.368 e. The number of benzene rings is 2. The number of carbonyl (C=O) groups is 3. The van der Waals surface area contributed by atoms with Crippen molar-refractivity contribution in [1.82, 2.24) is 20.5 Å². The molecule has 1 saturated heterocycles. The van der Waals surface area contributed by atoms with E-state index in [2.05, 4.69) is 32.7 Å². The number of piperazine rings is 1. The van der Waals surface area contributed by atoms with Crippen LogP contribution in [0.3, 0.4) is 0 Å². The molecule has 0 radical (unpaired) electrons. The fraction of sp³-hybridized carbons (Fsp3) is 0.370. The summed E-state index contributed by atoms with van der Waals surface area (Å²) in [6, 6.07) is 17.2. The summed E-state index contributed by atoms with van der Waals surface area (Å²) in [6.07, 6.45) is 2.20. The first-order valence-corrected chi connectivity index (χ1v) is 12.1. The molecule has 0 spiro atoms. The maximum absolute atomic E-state index is 13.1. The Labute approximate surface area is 205 Å². The predicted octanol–water partition coefficient (Wildman–Crippen LogP) is 2.32. The molecule has 2 heterocycles. The molecular formula is C27H33N5O3. The second-order valence-corrected chi connectivity index (χ2v) is 9.20. The Balaban J connectivity index is 1.35. The van der Waals surface area contributed by atoms with Gasteiger partial charge in [0.1, 0.15) is 6.04 Å². The average molecular weight is 476 g/mol. The van der Waals surface area contributed by atoms with E-state index >= 15 is 0 Å². The van der Waals surface area contributed by atoms with Crippen molar-refractivity contribution in [1.29, 1.82) is 0 Å². The zero-order chi connectivity index (χ0) is 24.8. The van der Waals surface area contributed by atoms with Gasteiger partial charge in [-0.15, -0.1) is 0 Å². The molecule has 3 aromatic rings. The van der Waals surface area contributed by atoms with Crippen molar-refractivity contribution >= 4 is 34.3 Å². The summed E-state index contributed by atoms with van der Waals surface area (Å²) in [5.74, 6) is -0.934. The monoisotopic (exact) mass is 475 g/mol. The van der Waals surface area contributed by atoms with Gasteiger partial charge in [-0.25, -0.2) is 0 Å². The van der Waals surface area contributed by atoms with Crippen molar-refractivity contribution in [2.75, 3.05) is 37.6 Å². The Bertz CT molecular complexity index is 1170. The van der Waals surface area contributed by atoms with E-state index in [0.717, 1.165) is 35.2 Å². The largest absolute Gasteiger partial charge is 0.368 e. The molecule has 3 N–H and O–H groups in total. The van der Waals surface area contributed by atoms with Gasteiger partial charge < -0.3 is 25.4 Å². The predicted molar refractivity (Wildman–Crippen MR) is 137 cm³/mol. The molecule has 1 aliphatic rings. The summed E-state index contributed by atoms with van der Waals surface area (Å²) < 4.78 is 0.